The number of carbonyl (C=O) groups excluding carboxylic acids is 1. The number of nitrogens with one attached hydrogen (secondary N) is 1. The minimum Gasteiger partial charge on any atom is -0.342 e. The molecule has 1 N–H and O–H groups in total. The molecule has 0 aliphatic heterocycles. The molecule has 2 aromatic heterocycles. The molecule has 5 heteroatoms. The van der Waals surface area contributed by atoms with Crippen molar-refractivity contribution >= 4 is 23.2 Å². The largest absolute Gasteiger partial charge is 0.342 e. The number of allylic oxidation sites excluding steroid dienone is 1. The Morgan fingerprint density at radius 1 is 1.39 bits per heavy atom. The lowest BCUT2D eigenvalue weighted by Gasteiger charge is -2.13. The Kier molecular flexibility index (Phi) is 3.43. The van der Waals surface area contributed by atoms with E-state index >= 15 is 0 Å². The number of aromatic nitrogens is 3. The maximum Gasteiger partial charge on any atom is 0.203 e. The zero-order valence-electron chi connectivity index (χ0n) is 10.6. The van der Waals surface area contributed by atoms with Crippen molar-refractivity contribution in [3.63, 3.8) is 0 Å². The van der Waals surface area contributed by atoms with Crippen LogP contribution in [-0.4, -0.2) is 20.7 Å². The highest BCUT2D eigenvalue weighted by Crippen LogP contribution is 2.27. The first-order chi connectivity index (χ1) is 8.47. The third-order valence-corrected chi connectivity index (χ3v) is 3.72. The van der Waals surface area contributed by atoms with Crippen LogP contribution in [0.1, 0.15) is 41.1 Å². The second-order valence-electron chi connectivity index (χ2n) is 4.98. The monoisotopic (exact) mass is 261 g/mol. The standard InChI is InChI=1S/C13H15N3OS/c1-13(2,3)12-15-6-9(18-12)4-5-11(17)10-7-14-8-16-10/h4-8H,1-3H3,(H,14,16)/b5-4+. The van der Waals surface area contributed by atoms with Crippen LogP contribution in [0.5, 0.6) is 0 Å². The molecule has 0 saturated carbocycles. The number of aromatic amines is 1. The lowest BCUT2D eigenvalue weighted by Crippen LogP contribution is -2.09. The number of ketones is 1. The number of nitrogens with zero attached hydrogens (tertiary/aromatic N) is 2. The van der Waals surface area contributed by atoms with Crippen LogP contribution < -0.4 is 0 Å². The molecular weight excluding hydrogens is 246 g/mol. The summed E-state index contributed by atoms with van der Waals surface area (Å²) in [4.78, 5) is 23.6. The maximum atomic E-state index is 11.7. The summed E-state index contributed by atoms with van der Waals surface area (Å²) in [5, 5.41) is 1.07. The molecule has 0 atom stereocenters. The highest BCUT2D eigenvalue weighted by atomic mass is 32.1. The van der Waals surface area contributed by atoms with E-state index in [9.17, 15) is 4.79 Å². The van der Waals surface area contributed by atoms with E-state index in [1.54, 1.807) is 23.6 Å². The summed E-state index contributed by atoms with van der Waals surface area (Å²) < 4.78 is 0. The predicted molar refractivity (Wildman–Crippen MR) is 72.8 cm³/mol. The Balaban J connectivity index is 2.10. The molecule has 0 radical (unpaired) electrons. The molecule has 2 heterocycles. The fourth-order valence-corrected chi connectivity index (χ4v) is 2.22. The van der Waals surface area contributed by atoms with Gasteiger partial charge in [-0.1, -0.05) is 20.8 Å². The number of hydrogen-bond acceptors (Lipinski definition) is 4. The molecule has 94 valence electrons. The average molecular weight is 261 g/mol. The van der Waals surface area contributed by atoms with Crippen molar-refractivity contribution in [3.8, 4) is 0 Å². The van der Waals surface area contributed by atoms with E-state index < -0.39 is 0 Å². The molecule has 0 unspecified atom stereocenters. The van der Waals surface area contributed by atoms with Crippen LogP contribution in [0.3, 0.4) is 0 Å². The first-order valence-electron chi connectivity index (χ1n) is 5.64. The van der Waals surface area contributed by atoms with Gasteiger partial charge < -0.3 is 4.98 Å². The van der Waals surface area contributed by atoms with Gasteiger partial charge in [0.2, 0.25) is 5.78 Å². The van der Waals surface area contributed by atoms with Gasteiger partial charge in [-0.05, 0) is 12.2 Å². The van der Waals surface area contributed by atoms with Crippen molar-refractivity contribution in [2.75, 3.05) is 0 Å². The van der Waals surface area contributed by atoms with Gasteiger partial charge >= 0.3 is 0 Å². The van der Waals surface area contributed by atoms with E-state index in [1.165, 1.54) is 18.6 Å². The van der Waals surface area contributed by atoms with E-state index in [4.69, 9.17) is 0 Å². The molecule has 0 amide bonds. The van der Waals surface area contributed by atoms with Crippen LogP contribution in [-0.2, 0) is 5.41 Å². The number of imidazole rings is 1. The number of H-pyrrole nitrogens is 1. The lowest BCUT2D eigenvalue weighted by atomic mass is 9.98. The molecule has 0 aromatic carbocycles. The topological polar surface area (TPSA) is 58.6 Å². The average Bonchev–Trinajstić information content (AvgIpc) is 2.96. The van der Waals surface area contributed by atoms with Gasteiger partial charge in [0, 0.05) is 16.5 Å². The highest BCUT2D eigenvalue weighted by molar-refractivity contribution is 7.12. The minimum absolute atomic E-state index is 0.0458. The Bertz CT molecular complexity index is 561. The van der Waals surface area contributed by atoms with Gasteiger partial charge in [-0.3, -0.25) is 4.79 Å². The molecular formula is C13H15N3OS. The van der Waals surface area contributed by atoms with E-state index in [1.807, 2.05) is 0 Å². The summed E-state index contributed by atoms with van der Waals surface area (Å²) in [7, 11) is 0. The summed E-state index contributed by atoms with van der Waals surface area (Å²) in [5.41, 5.74) is 0.538. The minimum atomic E-state index is -0.0850. The lowest BCUT2D eigenvalue weighted by molar-refractivity contribution is 0.104. The van der Waals surface area contributed by atoms with Gasteiger partial charge in [0.05, 0.1) is 17.5 Å². The number of thiazole rings is 1. The highest BCUT2D eigenvalue weighted by Gasteiger charge is 2.17. The van der Waals surface area contributed by atoms with Gasteiger partial charge in [-0.15, -0.1) is 11.3 Å². The second kappa shape index (κ2) is 4.86. The van der Waals surface area contributed by atoms with Gasteiger partial charge in [0.15, 0.2) is 0 Å². The Morgan fingerprint density at radius 3 is 2.72 bits per heavy atom. The molecule has 0 spiro atoms. The van der Waals surface area contributed by atoms with Crippen LogP contribution >= 0.6 is 11.3 Å². The Morgan fingerprint density at radius 2 is 2.17 bits per heavy atom. The molecule has 4 nitrogen and oxygen atoms in total. The Hall–Kier alpha value is -1.75. The normalized spacial score (nSPS) is 12.2. The van der Waals surface area contributed by atoms with Crippen molar-refractivity contribution in [3.05, 3.63) is 40.4 Å². The van der Waals surface area contributed by atoms with E-state index in [0.29, 0.717) is 5.69 Å². The summed E-state index contributed by atoms with van der Waals surface area (Å²) in [6, 6.07) is 0. The molecule has 0 bridgehead atoms. The van der Waals surface area contributed by atoms with Crippen LogP contribution in [0.4, 0.5) is 0 Å². The molecule has 0 saturated heterocycles. The van der Waals surface area contributed by atoms with Crippen molar-refractivity contribution in [1.29, 1.82) is 0 Å². The van der Waals surface area contributed by atoms with Gasteiger partial charge in [0.1, 0.15) is 5.69 Å². The fraction of sp³-hybridized carbons (Fsp3) is 0.308. The summed E-state index contributed by atoms with van der Waals surface area (Å²) in [6.07, 6.45) is 8.12. The molecule has 2 aromatic rings. The van der Waals surface area contributed by atoms with Crippen LogP contribution in [0.25, 0.3) is 6.08 Å². The smallest absolute Gasteiger partial charge is 0.203 e. The van der Waals surface area contributed by atoms with Crippen molar-refractivity contribution in [1.82, 2.24) is 15.0 Å². The van der Waals surface area contributed by atoms with Crippen molar-refractivity contribution in [2.24, 2.45) is 0 Å². The molecule has 0 aliphatic rings. The Labute approximate surface area is 110 Å². The van der Waals surface area contributed by atoms with Crippen molar-refractivity contribution in [2.45, 2.75) is 26.2 Å². The van der Waals surface area contributed by atoms with Crippen LogP contribution in [0.15, 0.2) is 24.8 Å². The maximum absolute atomic E-state index is 11.7. The first-order valence-corrected chi connectivity index (χ1v) is 6.45. The van der Waals surface area contributed by atoms with E-state index in [2.05, 4.69) is 35.7 Å². The summed E-state index contributed by atoms with van der Waals surface area (Å²) in [6.45, 7) is 6.36. The zero-order chi connectivity index (χ0) is 13.2. The van der Waals surface area contributed by atoms with Crippen LogP contribution in [0, 0.1) is 0 Å². The second-order valence-corrected chi connectivity index (χ2v) is 6.04. The molecule has 18 heavy (non-hydrogen) atoms. The van der Waals surface area contributed by atoms with E-state index in [0.717, 1.165) is 9.88 Å². The number of carbonyl (C=O) groups is 1. The third-order valence-electron chi connectivity index (χ3n) is 2.33. The first kappa shape index (κ1) is 12.7. The third kappa shape index (κ3) is 2.92. The van der Waals surface area contributed by atoms with Gasteiger partial charge in [0.25, 0.3) is 0 Å². The number of hydrogen-bond donors (Lipinski definition) is 1. The van der Waals surface area contributed by atoms with Crippen LogP contribution in [0.2, 0.25) is 0 Å². The molecule has 0 fully saturated rings. The summed E-state index contributed by atoms with van der Waals surface area (Å²) in [5.74, 6) is -0.0850. The zero-order valence-corrected chi connectivity index (χ0v) is 11.4. The molecule has 0 aliphatic carbocycles. The summed E-state index contributed by atoms with van der Waals surface area (Å²) >= 11 is 1.60. The fourth-order valence-electron chi connectivity index (χ4n) is 1.35. The van der Waals surface area contributed by atoms with Crippen molar-refractivity contribution < 1.29 is 4.79 Å². The van der Waals surface area contributed by atoms with Gasteiger partial charge in [-0.25, -0.2) is 9.97 Å². The predicted octanol–water partition coefficient (Wildman–Crippen LogP) is 3.06. The number of rotatable bonds is 3. The van der Waals surface area contributed by atoms with Gasteiger partial charge in [-0.2, -0.15) is 0 Å². The van der Waals surface area contributed by atoms with E-state index in [-0.39, 0.29) is 11.2 Å². The SMILES string of the molecule is CC(C)(C)c1ncc(/C=C/C(=O)c2cnc[nH]2)s1. The quantitative estimate of drug-likeness (QED) is 0.682. The molecule has 2 rings (SSSR count).